The van der Waals surface area contributed by atoms with Crippen molar-refractivity contribution in [2.75, 3.05) is 11.6 Å². The van der Waals surface area contributed by atoms with Crippen molar-refractivity contribution in [1.82, 2.24) is 0 Å². The first-order chi connectivity index (χ1) is 12.7. The minimum atomic E-state index is -1.72. The molecule has 2 aromatic carbocycles. The minimum Gasteiger partial charge on any atom is -0.449 e. The third kappa shape index (κ3) is 5.40. The molecule has 0 fully saturated rings. The molecule has 5 nitrogen and oxygen atoms in total. The lowest BCUT2D eigenvalue weighted by molar-refractivity contribution is -0.123. The SMILES string of the molecule is CC(OC(=O)c1cccc(CS(C)=O)c1)C(=O)Nc1ccc(F)c(F)c1F. The van der Waals surface area contributed by atoms with Crippen LogP contribution in [-0.4, -0.2) is 28.4 Å². The summed E-state index contributed by atoms with van der Waals surface area (Å²) in [5.41, 5.74) is 0.233. The number of carbonyl (C=O) groups is 2. The number of halogens is 3. The van der Waals surface area contributed by atoms with Gasteiger partial charge in [0.15, 0.2) is 23.6 Å². The Morgan fingerprint density at radius 2 is 1.85 bits per heavy atom. The molecule has 2 rings (SSSR count). The van der Waals surface area contributed by atoms with E-state index in [2.05, 4.69) is 0 Å². The number of carbonyl (C=O) groups excluding carboxylic acids is 2. The Morgan fingerprint density at radius 3 is 2.52 bits per heavy atom. The number of amides is 1. The van der Waals surface area contributed by atoms with E-state index in [-0.39, 0.29) is 11.3 Å². The highest BCUT2D eigenvalue weighted by molar-refractivity contribution is 7.83. The van der Waals surface area contributed by atoms with Crippen LogP contribution in [0.4, 0.5) is 18.9 Å². The first-order valence-corrected chi connectivity index (χ1v) is 9.46. The van der Waals surface area contributed by atoms with Gasteiger partial charge >= 0.3 is 5.97 Å². The van der Waals surface area contributed by atoms with Crippen LogP contribution in [0.3, 0.4) is 0 Å². The maximum atomic E-state index is 13.6. The molecule has 0 aliphatic rings. The summed E-state index contributed by atoms with van der Waals surface area (Å²) in [4.78, 5) is 24.2. The average molecular weight is 399 g/mol. The van der Waals surface area contributed by atoms with Gasteiger partial charge in [0.1, 0.15) is 0 Å². The third-order valence-corrected chi connectivity index (χ3v) is 4.22. The fourth-order valence-corrected chi connectivity index (χ4v) is 2.81. The Bertz CT molecular complexity index is 904. The van der Waals surface area contributed by atoms with Crippen LogP contribution in [0.15, 0.2) is 36.4 Å². The standard InChI is InChI=1S/C18H16F3NO4S/c1-10(17(23)22-14-7-6-13(19)15(20)16(14)21)26-18(24)12-5-3-4-11(8-12)9-27(2)25/h3-8,10H,9H2,1-2H3,(H,22,23). The summed E-state index contributed by atoms with van der Waals surface area (Å²) < 4.78 is 56.0. The summed E-state index contributed by atoms with van der Waals surface area (Å²) in [5.74, 6) is -6.14. The highest BCUT2D eigenvalue weighted by atomic mass is 32.2. The number of hydrogen-bond donors (Lipinski definition) is 1. The molecule has 1 amide bonds. The van der Waals surface area contributed by atoms with Crippen LogP contribution in [0.2, 0.25) is 0 Å². The van der Waals surface area contributed by atoms with Gasteiger partial charge in [-0.1, -0.05) is 12.1 Å². The molecule has 1 N–H and O–H groups in total. The van der Waals surface area contributed by atoms with Crippen molar-refractivity contribution < 1.29 is 31.7 Å². The number of rotatable bonds is 6. The molecule has 0 radical (unpaired) electrons. The van der Waals surface area contributed by atoms with Crippen LogP contribution < -0.4 is 5.32 Å². The second-order valence-electron chi connectivity index (χ2n) is 5.68. The van der Waals surface area contributed by atoms with Crippen molar-refractivity contribution in [3.05, 3.63) is 65.0 Å². The van der Waals surface area contributed by atoms with Gasteiger partial charge < -0.3 is 10.1 Å². The Morgan fingerprint density at radius 1 is 1.15 bits per heavy atom. The molecular weight excluding hydrogens is 383 g/mol. The molecule has 0 bridgehead atoms. The molecule has 144 valence electrons. The quantitative estimate of drug-likeness (QED) is 0.598. The maximum Gasteiger partial charge on any atom is 0.338 e. The van der Waals surface area contributed by atoms with Crippen LogP contribution in [0.1, 0.15) is 22.8 Å². The highest BCUT2D eigenvalue weighted by Crippen LogP contribution is 2.20. The van der Waals surface area contributed by atoms with Crippen molar-refractivity contribution in [2.45, 2.75) is 18.8 Å². The van der Waals surface area contributed by atoms with Gasteiger partial charge in [-0.05, 0) is 36.8 Å². The van der Waals surface area contributed by atoms with E-state index in [0.29, 0.717) is 11.6 Å². The number of nitrogens with one attached hydrogen (secondary N) is 1. The van der Waals surface area contributed by atoms with Gasteiger partial charge in [0, 0.05) is 22.8 Å². The predicted molar refractivity (Wildman–Crippen MR) is 94.0 cm³/mol. The molecule has 0 aromatic heterocycles. The van der Waals surface area contributed by atoms with Crippen LogP contribution >= 0.6 is 0 Å². The number of benzene rings is 2. The molecule has 0 aliphatic heterocycles. The van der Waals surface area contributed by atoms with Gasteiger partial charge in [-0.15, -0.1) is 0 Å². The van der Waals surface area contributed by atoms with E-state index in [9.17, 15) is 27.0 Å². The van der Waals surface area contributed by atoms with E-state index in [1.165, 1.54) is 25.3 Å². The van der Waals surface area contributed by atoms with Gasteiger partial charge in [0.2, 0.25) is 0 Å². The number of ether oxygens (including phenoxy) is 1. The van der Waals surface area contributed by atoms with E-state index in [4.69, 9.17) is 4.74 Å². The Balaban J connectivity index is 2.05. The lowest BCUT2D eigenvalue weighted by atomic mass is 10.1. The van der Waals surface area contributed by atoms with Crippen molar-refractivity contribution in [1.29, 1.82) is 0 Å². The van der Waals surface area contributed by atoms with E-state index in [1.807, 2.05) is 5.32 Å². The summed E-state index contributed by atoms with van der Waals surface area (Å²) in [6.07, 6.45) is 0.198. The molecule has 2 aromatic rings. The lowest BCUT2D eigenvalue weighted by Gasteiger charge is -2.14. The largest absolute Gasteiger partial charge is 0.449 e. The molecule has 27 heavy (non-hydrogen) atoms. The second-order valence-corrected chi connectivity index (χ2v) is 7.11. The van der Waals surface area contributed by atoms with Crippen molar-refractivity contribution >= 4 is 28.4 Å². The topological polar surface area (TPSA) is 72.5 Å². The zero-order valence-corrected chi connectivity index (χ0v) is 15.2. The smallest absolute Gasteiger partial charge is 0.338 e. The Labute approximate surface area is 156 Å². The fourth-order valence-electron chi connectivity index (χ4n) is 2.16. The van der Waals surface area contributed by atoms with Crippen molar-refractivity contribution in [3.8, 4) is 0 Å². The summed E-state index contributed by atoms with van der Waals surface area (Å²) in [6.45, 7) is 1.25. The molecule has 0 saturated heterocycles. The fraction of sp³-hybridized carbons (Fsp3) is 0.222. The summed E-state index contributed by atoms with van der Waals surface area (Å²) in [5, 5.41) is 2.03. The monoisotopic (exact) mass is 399 g/mol. The van der Waals surface area contributed by atoms with Crippen LogP contribution in [-0.2, 0) is 26.1 Å². The van der Waals surface area contributed by atoms with E-state index < -0.39 is 51.9 Å². The lowest BCUT2D eigenvalue weighted by Crippen LogP contribution is -2.30. The van der Waals surface area contributed by atoms with Gasteiger partial charge in [-0.3, -0.25) is 9.00 Å². The highest BCUT2D eigenvalue weighted by Gasteiger charge is 2.22. The average Bonchev–Trinajstić information content (AvgIpc) is 2.61. The van der Waals surface area contributed by atoms with Gasteiger partial charge in [0.25, 0.3) is 5.91 Å². The number of hydrogen-bond acceptors (Lipinski definition) is 4. The molecule has 0 spiro atoms. The Kier molecular flexibility index (Phi) is 6.73. The third-order valence-electron chi connectivity index (χ3n) is 3.48. The first-order valence-electron chi connectivity index (χ1n) is 7.73. The van der Waals surface area contributed by atoms with E-state index in [0.717, 1.165) is 6.07 Å². The molecule has 2 atom stereocenters. The van der Waals surface area contributed by atoms with Crippen molar-refractivity contribution in [3.63, 3.8) is 0 Å². The normalized spacial score (nSPS) is 12.9. The van der Waals surface area contributed by atoms with Crippen molar-refractivity contribution in [2.24, 2.45) is 0 Å². The Hall–Kier alpha value is -2.68. The number of anilines is 1. The van der Waals surface area contributed by atoms with Crippen LogP contribution in [0, 0.1) is 17.5 Å². The van der Waals surface area contributed by atoms with E-state index >= 15 is 0 Å². The molecule has 0 aliphatic carbocycles. The molecule has 9 heteroatoms. The van der Waals surface area contributed by atoms with Crippen LogP contribution in [0.5, 0.6) is 0 Å². The van der Waals surface area contributed by atoms with Gasteiger partial charge in [0.05, 0.1) is 11.3 Å². The zero-order valence-electron chi connectivity index (χ0n) is 14.4. The maximum absolute atomic E-state index is 13.6. The second kappa shape index (κ2) is 8.81. The van der Waals surface area contributed by atoms with E-state index in [1.54, 1.807) is 12.1 Å². The zero-order chi connectivity index (χ0) is 20.1. The molecular formula is C18H16F3NO4S. The first kappa shape index (κ1) is 20.6. The summed E-state index contributed by atoms with van der Waals surface area (Å²) >= 11 is 0. The minimum absolute atomic E-state index is 0.150. The van der Waals surface area contributed by atoms with Gasteiger partial charge in [-0.2, -0.15) is 0 Å². The predicted octanol–water partition coefficient (Wildman–Crippen LogP) is 3.17. The number of esters is 1. The van der Waals surface area contributed by atoms with Crippen LogP contribution in [0.25, 0.3) is 0 Å². The summed E-state index contributed by atoms with van der Waals surface area (Å²) in [7, 11) is -1.09. The molecule has 0 heterocycles. The van der Waals surface area contributed by atoms with Gasteiger partial charge in [-0.25, -0.2) is 18.0 Å². The summed E-state index contributed by atoms with van der Waals surface area (Å²) in [6, 6.07) is 7.75. The molecule has 0 saturated carbocycles. The molecule has 2 unspecified atom stereocenters.